The summed E-state index contributed by atoms with van der Waals surface area (Å²) in [5.74, 6) is -0.554. The lowest BCUT2D eigenvalue weighted by atomic mass is 10.1. The average Bonchev–Trinajstić information content (AvgIpc) is 2.43. The summed E-state index contributed by atoms with van der Waals surface area (Å²) in [7, 11) is 0. The number of hydrogen-bond acceptors (Lipinski definition) is 4. The van der Waals surface area contributed by atoms with Crippen LogP contribution in [0.25, 0.3) is 0 Å². The van der Waals surface area contributed by atoms with Gasteiger partial charge in [-0.3, -0.25) is 9.59 Å². The number of pyridine rings is 1. The summed E-state index contributed by atoms with van der Waals surface area (Å²) in [6.45, 7) is 1.87. The van der Waals surface area contributed by atoms with Gasteiger partial charge >= 0.3 is 0 Å². The molecule has 2 aromatic rings. The number of rotatable bonds is 3. The van der Waals surface area contributed by atoms with E-state index in [2.05, 4.69) is 15.5 Å². The summed E-state index contributed by atoms with van der Waals surface area (Å²) >= 11 is 0. The number of aromatic nitrogens is 1. The maximum Gasteiger partial charge on any atom is 0.276 e. The van der Waals surface area contributed by atoms with E-state index in [4.69, 9.17) is 0 Å². The van der Waals surface area contributed by atoms with Crippen LogP contribution in [0.4, 0.5) is 0 Å². The second-order valence-corrected chi connectivity index (χ2v) is 4.17. The van der Waals surface area contributed by atoms with Gasteiger partial charge in [-0.15, -0.1) is 0 Å². The van der Waals surface area contributed by atoms with Gasteiger partial charge in [-0.2, -0.15) is 5.10 Å². The zero-order chi connectivity index (χ0) is 14.5. The van der Waals surface area contributed by atoms with Crippen LogP contribution in [0.3, 0.4) is 0 Å². The van der Waals surface area contributed by atoms with Crippen LogP contribution in [0.15, 0.2) is 46.4 Å². The Balaban J connectivity index is 2.11. The highest BCUT2D eigenvalue weighted by molar-refractivity contribution is 5.94. The SMILES string of the molecule is Cc1ccc(O)c(/C=N/NC(=O)c2ccc[nH]c2=O)c1. The molecule has 0 bridgehead atoms. The fourth-order valence-electron chi connectivity index (χ4n) is 1.60. The van der Waals surface area contributed by atoms with E-state index in [0.29, 0.717) is 5.56 Å². The maximum atomic E-state index is 11.7. The fraction of sp³-hybridized carbons (Fsp3) is 0.0714. The normalized spacial score (nSPS) is 10.7. The van der Waals surface area contributed by atoms with E-state index in [1.165, 1.54) is 18.5 Å². The quantitative estimate of drug-likeness (QED) is 0.577. The van der Waals surface area contributed by atoms with Crippen molar-refractivity contribution in [2.24, 2.45) is 5.10 Å². The molecule has 1 heterocycles. The second-order valence-electron chi connectivity index (χ2n) is 4.17. The Hall–Kier alpha value is -2.89. The van der Waals surface area contributed by atoms with Gasteiger partial charge < -0.3 is 10.1 Å². The summed E-state index contributed by atoms with van der Waals surface area (Å²) < 4.78 is 0. The predicted molar refractivity (Wildman–Crippen MR) is 75.0 cm³/mol. The Bertz CT molecular complexity index is 720. The minimum Gasteiger partial charge on any atom is -0.507 e. The maximum absolute atomic E-state index is 11.7. The minimum absolute atomic E-state index is 0.0295. The highest BCUT2D eigenvalue weighted by Crippen LogP contribution is 2.15. The Morgan fingerprint density at radius 1 is 1.40 bits per heavy atom. The summed E-state index contributed by atoms with van der Waals surface area (Å²) in [5, 5.41) is 13.3. The van der Waals surface area contributed by atoms with Crippen LogP contribution in [0.1, 0.15) is 21.5 Å². The zero-order valence-electron chi connectivity index (χ0n) is 10.8. The number of carbonyl (C=O) groups is 1. The molecule has 0 atom stereocenters. The Morgan fingerprint density at radius 2 is 2.20 bits per heavy atom. The first-order chi connectivity index (χ1) is 9.58. The van der Waals surface area contributed by atoms with Gasteiger partial charge in [0.2, 0.25) is 0 Å². The van der Waals surface area contributed by atoms with Crippen molar-refractivity contribution in [3.8, 4) is 5.75 Å². The van der Waals surface area contributed by atoms with Crippen LogP contribution in [0.5, 0.6) is 5.75 Å². The smallest absolute Gasteiger partial charge is 0.276 e. The number of aryl methyl sites for hydroxylation is 1. The van der Waals surface area contributed by atoms with E-state index in [1.807, 2.05) is 6.92 Å². The number of nitrogens with one attached hydrogen (secondary N) is 2. The zero-order valence-corrected chi connectivity index (χ0v) is 10.8. The van der Waals surface area contributed by atoms with Crippen molar-refractivity contribution in [2.45, 2.75) is 6.92 Å². The molecule has 102 valence electrons. The first-order valence-electron chi connectivity index (χ1n) is 5.88. The Kier molecular flexibility index (Phi) is 3.95. The Labute approximate surface area is 114 Å². The number of benzene rings is 1. The van der Waals surface area contributed by atoms with E-state index in [-0.39, 0.29) is 11.3 Å². The molecule has 0 saturated carbocycles. The lowest BCUT2D eigenvalue weighted by Gasteiger charge is -2.01. The molecule has 0 fully saturated rings. The van der Waals surface area contributed by atoms with Crippen LogP contribution < -0.4 is 11.0 Å². The number of phenols is 1. The molecule has 6 nitrogen and oxygen atoms in total. The topological polar surface area (TPSA) is 94.6 Å². The molecule has 1 aromatic carbocycles. The monoisotopic (exact) mass is 271 g/mol. The van der Waals surface area contributed by atoms with Crippen LogP contribution >= 0.6 is 0 Å². The molecular formula is C14H13N3O3. The summed E-state index contributed by atoms with van der Waals surface area (Å²) in [5.41, 5.74) is 3.15. The van der Waals surface area contributed by atoms with Crippen LogP contribution in [-0.2, 0) is 0 Å². The predicted octanol–water partition coefficient (Wildman–Crippen LogP) is 1.15. The van der Waals surface area contributed by atoms with Crippen LogP contribution in [-0.4, -0.2) is 22.2 Å². The highest BCUT2D eigenvalue weighted by Gasteiger charge is 2.07. The molecule has 1 aromatic heterocycles. The molecule has 0 radical (unpaired) electrons. The van der Waals surface area contributed by atoms with Gasteiger partial charge in [0, 0.05) is 11.8 Å². The van der Waals surface area contributed by atoms with Gasteiger partial charge in [0.05, 0.1) is 6.21 Å². The van der Waals surface area contributed by atoms with Crippen molar-refractivity contribution >= 4 is 12.1 Å². The molecule has 0 aliphatic carbocycles. The first-order valence-corrected chi connectivity index (χ1v) is 5.88. The number of amides is 1. The summed E-state index contributed by atoms with van der Waals surface area (Å²) in [6, 6.07) is 7.97. The number of hydrogen-bond donors (Lipinski definition) is 3. The molecule has 0 spiro atoms. The third-order valence-corrected chi connectivity index (χ3v) is 2.62. The summed E-state index contributed by atoms with van der Waals surface area (Å²) in [4.78, 5) is 25.5. The van der Waals surface area contributed by atoms with Crippen molar-refractivity contribution in [2.75, 3.05) is 0 Å². The first kappa shape index (κ1) is 13.5. The van der Waals surface area contributed by atoms with Gasteiger partial charge in [-0.1, -0.05) is 11.6 Å². The fourth-order valence-corrected chi connectivity index (χ4v) is 1.60. The van der Waals surface area contributed by atoms with Gasteiger partial charge in [-0.25, -0.2) is 5.43 Å². The number of hydrazone groups is 1. The Morgan fingerprint density at radius 3 is 2.95 bits per heavy atom. The molecule has 6 heteroatoms. The molecule has 2 rings (SSSR count). The summed E-state index contributed by atoms with van der Waals surface area (Å²) in [6.07, 6.45) is 2.75. The number of phenolic OH excluding ortho intramolecular Hbond substituents is 1. The molecule has 20 heavy (non-hydrogen) atoms. The third kappa shape index (κ3) is 3.11. The minimum atomic E-state index is -0.616. The standard InChI is InChI=1S/C14H13N3O3/c1-9-4-5-12(18)10(7-9)8-16-17-14(20)11-3-2-6-15-13(11)19/h2-8,18H,1H3,(H,15,19)(H,17,20)/b16-8+. The average molecular weight is 271 g/mol. The second kappa shape index (κ2) is 5.83. The lowest BCUT2D eigenvalue weighted by Crippen LogP contribution is -2.25. The number of aromatic amines is 1. The number of carbonyl (C=O) groups excluding carboxylic acids is 1. The molecule has 0 aliphatic rings. The molecule has 3 N–H and O–H groups in total. The van der Waals surface area contributed by atoms with Crippen molar-refractivity contribution < 1.29 is 9.90 Å². The van der Waals surface area contributed by atoms with E-state index in [9.17, 15) is 14.7 Å². The van der Waals surface area contributed by atoms with Crippen molar-refractivity contribution in [1.82, 2.24) is 10.4 Å². The highest BCUT2D eigenvalue weighted by atomic mass is 16.3. The molecule has 1 amide bonds. The molecule has 0 aliphatic heterocycles. The van der Waals surface area contributed by atoms with E-state index in [0.717, 1.165) is 5.56 Å². The van der Waals surface area contributed by atoms with Gasteiger partial charge in [-0.05, 0) is 31.2 Å². The van der Waals surface area contributed by atoms with Crippen LogP contribution in [0.2, 0.25) is 0 Å². The van der Waals surface area contributed by atoms with Crippen molar-refractivity contribution in [3.05, 3.63) is 63.6 Å². The van der Waals surface area contributed by atoms with Crippen molar-refractivity contribution in [1.29, 1.82) is 0 Å². The van der Waals surface area contributed by atoms with Gasteiger partial charge in [0.1, 0.15) is 11.3 Å². The van der Waals surface area contributed by atoms with Crippen molar-refractivity contribution in [3.63, 3.8) is 0 Å². The van der Waals surface area contributed by atoms with Gasteiger partial charge in [0.25, 0.3) is 11.5 Å². The molecule has 0 unspecified atom stereocenters. The molecule has 0 saturated heterocycles. The van der Waals surface area contributed by atoms with Crippen LogP contribution in [0, 0.1) is 6.92 Å². The van der Waals surface area contributed by atoms with E-state index < -0.39 is 11.5 Å². The van der Waals surface area contributed by atoms with E-state index >= 15 is 0 Å². The number of aromatic hydroxyl groups is 1. The largest absolute Gasteiger partial charge is 0.507 e. The van der Waals surface area contributed by atoms with Gasteiger partial charge in [0.15, 0.2) is 0 Å². The number of H-pyrrole nitrogens is 1. The number of nitrogens with zero attached hydrogens (tertiary/aromatic N) is 1. The third-order valence-electron chi connectivity index (χ3n) is 2.62. The lowest BCUT2D eigenvalue weighted by molar-refractivity contribution is 0.0953. The molecular weight excluding hydrogens is 258 g/mol. The van der Waals surface area contributed by atoms with E-state index in [1.54, 1.807) is 24.3 Å².